The molecule has 7 nitrogen and oxygen atoms in total. The Kier molecular flexibility index (Phi) is 14.5. The molecule has 0 aliphatic carbocycles. The Balaban J connectivity index is -0.000000361. The summed E-state index contributed by atoms with van der Waals surface area (Å²) in [6.45, 7) is 3.50. The van der Waals surface area contributed by atoms with Crippen molar-refractivity contribution in [3.05, 3.63) is 42.5 Å². The van der Waals surface area contributed by atoms with Crippen LogP contribution < -0.4 is 59.1 Å². The fourth-order valence-electron chi connectivity index (χ4n) is 1.08. The predicted molar refractivity (Wildman–Crippen MR) is 60.6 cm³/mol. The molecular weight excluding hydrogens is 330 g/mol. The maximum atomic E-state index is 10.8. The number of hydrogen-bond acceptors (Lipinski definition) is 6. The first-order valence-corrected chi connectivity index (χ1v) is 7.16. The molecule has 0 spiro atoms. The summed E-state index contributed by atoms with van der Waals surface area (Å²) in [7, 11) is -9.27. The smallest absolute Gasteiger partial charge is 0.759 e. The summed E-state index contributed by atoms with van der Waals surface area (Å²) in [5.74, 6) is 0. The van der Waals surface area contributed by atoms with E-state index in [2.05, 4.69) is 6.58 Å². The molecule has 1 rings (SSSR count). The van der Waals surface area contributed by atoms with Crippen molar-refractivity contribution in [1.82, 2.24) is 0 Å². The van der Waals surface area contributed by atoms with E-state index in [0.29, 0.717) is 12.0 Å². The van der Waals surface area contributed by atoms with Crippen molar-refractivity contribution in [3.63, 3.8) is 0 Å². The van der Waals surface area contributed by atoms with E-state index in [1.54, 1.807) is 24.3 Å². The maximum absolute atomic E-state index is 10.8. The molecule has 0 aliphatic heterocycles. The predicted octanol–water partition coefficient (Wildman–Crippen LogP) is -5.67. The number of benzene rings is 1. The molecule has 0 atom stereocenters. The molecule has 0 bridgehead atoms. The number of hydrogen-bond donors (Lipinski definition) is 1. The van der Waals surface area contributed by atoms with Crippen molar-refractivity contribution in [2.24, 2.45) is 0 Å². The van der Waals surface area contributed by atoms with Crippen LogP contribution in [0.5, 0.6) is 0 Å². The molecule has 20 heavy (non-hydrogen) atoms. The number of allylic oxidation sites excluding steroid dienone is 1. The molecule has 11 heteroatoms. The van der Waals surface area contributed by atoms with Crippen LogP contribution >= 0.6 is 0 Å². The molecule has 102 valence electrons. The van der Waals surface area contributed by atoms with Crippen LogP contribution in [0.15, 0.2) is 41.8 Å². The third-order valence-corrected chi connectivity index (χ3v) is 2.57. The van der Waals surface area contributed by atoms with Crippen LogP contribution in [0.1, 0.15) is 5.56 Å². The van der Waals surface area contributed by atoms with E-state index in [9.17, 15) is 8.42 Å². The van der Waals surface area contributed by atoms with Gasteiger partial charge in [0.2, 0.25) is 0 Å². The Labute approximate surface area is 162 Å². The van der Waals surface area contributed by atoms with Gasteiger partial charge in [0, 0.05) is 10.4 Å². The van der Waals surface area contributed by atoms with Crippen molar-refractivity contribution >= 4 is 20.5 Å². The molecule has 0 amide bonds. The standard InChI is InChI=1S/C9H10O3S.2Na.H2O4S/c1-2-5-8-6-3-4-7-9(8)13(10,11)12;;;1-5(2,3)4/h2-4,6-7H,1,5H2,(H,10,11,12);;;(H2,1,2,3,4)/q;2*+1;/p-2. The van der Waals surface area contributed by atoms with Gasteiger partial charge in [0.05, 0.1) is 4.90 Å². The zero-order chi connectivity index (χ0) is 14.4. The SMILES string of the molecule is C=CCc1ccccc1S(=O)(=O)O.O=S(=O)([O-])[O-].[Na+].[Na+]. The fourth-order valence-corrected chi connectivity index (χ4v) is 1.81. The largest absolute Gasteiger partial charge is 1.00 e. The van der Waals surface area contributed by atoms with E-state index in [1.165, 1.54) is 6.07 Å². The minimum absolute atomic E-state index is 0. The first kappa shape index (κ1) is 25.7. The summed E-state index contributed by atoms with van der Waals surface area (Å²) >= 11 is 0. The molecule has 0 unspecified atom stereocenters. The summed E-state index contributed by atoms with van der Waals surface area (Å²) < 4.78 is 64.6. The molecule has 1 N–H and O–H groups in total. The van der Waals surface area contributed by atoms with Gasteiger partial charge in [-0.15, -0.1) is 6.58 Å². The molecule has 0 aromatic heterocycles. The van der Waals surface area contributed by atoms with Gasteiger partial charge in [-0.1, -0.05) is 24.3 Å². The van der Waals surface area contributed by atoms with Crippen molar-refractivity contribution in [3.8, 4) is 0 Å². The third kappa shape index (κ3) is 13.7. The topological polar surface area (TPSA) is 135 Å². The zero-order valence-corrected chi connectivity index (χ0v) is 16.6. The third-order valence-electron chi connectivity index (χ3n) is 1.61. The minimum atomic E-state index is -5.17. The molecule has 0 fully saturated rings. The van der Waals surface area contributed by atoms with Gasteiger partial charge in [-0.3, -0.25) is 13.0 Å². The van der Waals surface area contributed by atoms with E-state index in [1.807, 2.05) is 0 Å². The van der Waals surface area contributed by atoms with Crippen LogP contribution in [-0.4, -0.2) is 30.5 Å². The molecule has 0 heterocycles. The second-order valence-electron chi connectivity index (χ2n) is 2.98. The quantitative estimate of drug-likeness (QED) is 0.251. The van der Waals surface area contributed by atoms with Crippen LogP contribution in [0.25, 0.3) is 0 Å². The molecule has 1 aromatic rings. The van der Waals surface area contributed by atoms with Crippen LogP contribution in [-0.2, 0) is 26.9 Å². The van der Waals surface area contributed by atoms with Gasteiger partial charge in [0.1, 0.15) is 0 Å². The van der Waals surface area contributed by atoms with Gasteiger partial charge in [-0.25, -0.2) is 0 Å². The van der Waals surface area contributed by atoms with E-state index >= 15 is 0 Å². The molecule has 0 radical (unpaired) electrons. The Bertz CT molecular complexity index is 603. The first-order valence-electron chi connectivity index (χ1n) is 4.38. The average molecular weight is 340 g/mol. The zero-order valence-electron chi connectivity index (χ0n) is 11.0. The summed E-state index contributed by atoms with van der Waals surface area (Å²) in [6, 6.07) is 6.29. The van der Waals surface area contributed by atoms with Crippen molar-refractivity contribution in [1.29, 1.82) is 0 Å². The average Bonchev–Trinajstić information content (AvgIpc) is 2.14. The van der Waals surface area contributed by atoms with E-state index in [0.717, 1.165) is 0 Å². The van der Waals surface area contributed by atoms with Gasteiger partial charge >= 0.3 is 59.1 Å². The summed E-state index contributed by atoms with van der Waals surface area (Å²) in [4.78, 5) is -0.0464. The summed E-state index contributed by atoms with van der Waals surface area (Å²) in [5, 5.41) is 0. The minimum Gasteiger partial charge on any atom is -0.759 e. The van der Waals surface area contributed by atoms with E-state index < -0.39 is 20.5 Å². The Morgan fingerprint density at radius 1 is 1.10 bits per heavy atom. The molecule has 1 aromatic carbocycles. The normalized spacial score (nSPS) is 10.2. The molecule has 0 saturated carbocycles. The number of rotatable bonds is 3. The Hall–Kier alpha value is 0.740. The van der Waals surface area contributed by atoms with Crippen LogP contribution in [0.4, 0.5) is 0 Å². The van der Waals surface area contributed by atoms with Crippen molar-refractivity contribution in [2.45, 2.75) is 11.3 Å². The van der Waals surface area contributed by atoms with Gasteiger partial charge < -0.3 is 9.11 Å². The second-order valence-corrected chi connectivity index (χ2v) is 5.19. The van der Waals surface area contributed by atoms with Gasteiger partial charge in [-0.05, 0) is 18.1 Å². The first-order chi connectivity index (χ1) is 8.05. The van der Waals surface area contributed by atoms with Gasteiger partial charge in [0.25, 0.3) is 10.1 Å². The monoisotopic (exact) mass is 340 g/mol. The maximum Gasteiger partial charge on any atom is 1.00 e. The van der Waals surface area contributed by atoms with Crippen molar-refractivity contribution < 1.29 is 89.6 Å². The van der Waals surface area contributed by atoms with E-state index in [-0.39, 0.29) is 64.0 Å². The molecule has 0 aliphatic rings. The second kappa shape index (κ2) is 11.3. The van der Waals surface area contributed by atoms with Gasteiger partial charge in [0.15, 0.2) is 0 Å². The summed E-state index contributed by atoms with van der Waals surface area (Å²) in [6.07, 6.45) is 2.01. The van der Waals surface area contributed by atoms with Crippen LogP contribution in [0.3, 0.4) is 0 Å². The van der Waals surface area contributed by atoms with E-state index in [4.69, 9.17) is 22.1 Å². The molecular formula is C9H10Na2O7S2. The fraction of sp³-hybridized carbons (Fsp3) is 0.111. The van der Waals surface area contributed by atoms with Crippen LogP contribution in [0, 0.1) is 0 Å². The van der Waals surface area contributed by atoms with Crippen molar-refractivity contribution in [2.75, 3.05) is 0 Å². The Morgan fingerprint density at radius 2 is 1.50 bits per heavy atom. The Morgan fingerprint density at radius 3 is 1.85 bits per heavy atom. The summed E-state index contributed by atoms with van der Waals surface area (Å²) in [5.41, 5.74) is 0.556. The molecule has 0 saturated heterocycles. The van der Waals surface area contributed by atoms with Gasteiger partial charge in [-0.2, -0.15) is 8.42 Å². The van der Waals surface area contributed by atoms with Crippen LogP contribution in [0.2, 0.25) is 0 Å².